The van der Waals surface area contributed by atoms with E-state index in [0.717, 1.165) is 25.7 Å². The second kappa shape index (κ2) is 25.9. The third-order valence-electron chi connectivity index (χ3n) is 19.2. The van der Waals surface area contributed by atoms with Gasteiger partial charge in [-0.1, -0.05) is 0 Å². The molecule has 29 nitrogen and oxygen atoms in total. The Labute approximate surface area is 467 Å². The zero-order chi connectivity index (χ0) is 57.2. The maximum absolute atomic E-state index is 12.2. The lowest BCUT2D eigenvalue weighted by molar-refractivity contribution is -0.398. The second-order valence-electron chi connectivity index (χ2n) is 24.7. The van der Waals surface area contributed by atoms with Crippen LogP contribution in [0.25, 0.3) is 0 Å². The Morgan fingerprint density at radius 2 is 0.790 bits per heavy atom. The molecule has 4 saturated carbocycles. The van der Waals surface area contributed by atoms with Crippen molar-refractivity contribution in [3.8, 4) is 0 Å². The summed E-state index contributed by atoms with van der Waals surface area (Å²) in [5, 5.41) is 175. The van der Waals surface area contributed by atoms with Crippen LogP contribution in [0.3, 0.4) is 0 Å². The fourth-order valence-electron chi connectivity index (χ4n) is 15.3. The van der Waals surface area contributed by atoms with Crippen molar-refractivity contribution >= 4 is 0 Å². The van der Waals surface area contributed by atoms with Crippen LogP contribution < -0.4 is 5.32 Å². The summed E-state index contributed by atoms with van der Waals surface area (Å²) >= 11 is 0. The lowest BCUT2D eigenvalue weighted by Crippen LogP contribution is -2.68. The minimum Gasteiger partial charge on any atom is -0.394 e. The number of aliphatic hydroxyl groups is 15. The van der Waals surface area contributed by atoms with Gasteiger partial charge in [0, 0.05) is 19.5 Å². The molecular weight excluding hydrogens is 1080 g/mol. The Hall–Kier alpha value is -1.16. The number of hydrogen-bond donors (Lipinski definition) is 16. The first-order chi connectivity index (χ1) is 38.9. The molecule has 13 saturated heterocycles. The van der Waals surface area contributed by atoms with E-state index in [2.05, 4.69) is 10.2 Å². The van der Waals surface area contributed by atoms with Gasteiger partial charge in [-0.3, -0.25) is 0 Å². The predicted molar refractivity (Wildman–Crippen MR) is 264 cm³/mol. The summed E-state index contributed by atoms with van der Waals surface area (Å²) in [6.07, 6.45) is -41.7. The number of ether oxygens (including phenoxy) is 12. The van der Waals surface area contributed by atoms with E-state index in [0.29, 0.717) is 50.2 Å². The van der Waals surface area contributed by atoms with Gasteiger partial charge in [0.2, 0.25) is 0 Å². The summed E-state index contributed by atoms with van der Waals surface area (Å²) in [6.45, 7) is -2.21. The molecule has 29 atom stereocenters. The monoisotopic (exact) mass is 1170 g/mol. The van der Waals surface area contributed by atoms with Crippen LogP contribution in [0, 0.1) is 23.2 Å². The Bertz CT molecular complexity index is 1990. The number of fused-ring (bicyclic) bond motifs is 2. The van der Waals surface area contributed by atoms with Crippen molar-refractivity contribution in [2.45, 2.75) is 242 Å². The number of nitrogens with one attached hydrogen (secondary N) is 1. The highest BCUT2D eigenvalue weighted by atomic mass is 16.8. The Balaban J connectivity index is 0.960. The summed E-state index contributed by atoms with van der Waals surface area (Å²) < 4.78 is 73.6. The summed E-state index contributed by atoms with van der Waals surface area (Å²) in [6, 6.07) is 0. The normalized spacial score (nSPS) is 54.9. The van der Waals surface area contributed by atoms with E-state index in [-0.39, 0.29) is 18.5 Å². The van der Waals surface area contributed by atoms with Crippen LogP contribution in [0.5, 0.6) is 0 Å². The zero-order valence-electron chi connectivity index (χ0n) is 45.0. The molecule has 17 rings (SSSR count). The van der Waals surface area contributed by atoms with Crippen LogP contribution in [0.2, 0.25) is 0 Å². The van der Waals surface area contributed by atoms with Crippen molar-refractivity contribution < 1.29 is 133 Å². The van der Waals surface area contributed by atoms with Crippen LogP contribution in [0.15, 0.2) is 0 Å². The SMILES string of the molecule is OC[C@H]1O[C@H]2CC(O)[C@@H]1O[C@H]1O[C@H](CO)[C@@H](O[C@H]3O[C@@H]4CNCCCCN(CCC56CC7CC(CC(C7)C5)C6)C[C@H]5O[C@H](O[C@H]6C(O)C(O)[C@H](O[C@@H]6CO)O[C@H]6C(O)C(O)[C@H](O[C@@H]6CO)O[C@H]4C(O)C3O)C(O)C(O)[C@@H]5O2)C(O)C1O. The quantitative estimate of drug-likeness (QED) is 0.113. The van der Waals surface area contributed by atoms with E-state index < -0.39 is 211 Å². The lowest BCUT2D eigenvalue weighted by atomic mass is 9.49. The van der Waals surface area contributed by atoms with Gasteiger partial charge < -0.3 is 144 Å². The topological polar surface area (TPSA) is 429 Å². The molecule has 16 bridgehead atoms. The van der Waals surface area contributed by atoms with E-state index in [9.17, 15) is 76.6 Å². The highest BCUT2D eigenvalue weighted by Crippen LogP contribution is 2.61. The van der Waals surface area contributed by atoms with Crippen LogP contribution in [-0.4, -0.2) is 319 Å². The number of aliphatic hydroxyl groups excluding tert-OH is 15. The van der Waals surface area contributed by atoms with Crippen molar-refractivity contribution in [3.05, 3.63) is 0 Å². The molecule has 0 radical (unpaired) electrons. The van der Waals surface area contributed by atoms with Crippen molar-refractivity contribution in [2.24, 2.45) is 23.2 Å². The Kier molecular flexibility index (Phi) is 19.7. The van der Waals surface area contributed by atoms with Gasteiger partial charge in [0.15, 0.2) is 37.7 Å². The molecule has 0 spiro atoms. The lowest BCUT2D eigenvalue weighted by Gasteiger charge is -2.57. The Morgan fingerprint density at radius 1 is 0.395 bits per heavy atom. The molecule has 0 amide bonds. The summed E-state index contributed by atoms with van der Waals surface area (Å²) in [5.41, 5.74) is 0.136. The Morgan fingerprint density at radius 3 is 1.26 bits per heavy atom. The largest absolute Gasteiger partial charge is 0.394 e. The molecule has 0 aromatic rings. The maximum atomic E-state index is 12.2. The van der Waals surface area contributed by atoms with E-state index >= 15 is 0 Å². The molecule has 13 heterocycles. The third-order valence-corrected chi connectivity index (χ3v) is 19.2. The molecule has 13 aliphatic heterocycles. The molecule has 4 aliphatic carbocycles. The minimum atomic E-state index is -2.06. The number of hydrogen-bond acceptors (Lipinski definition) is 29. The first-order valence-electron chi connectivity index (χ1n) is 29.1. The van der Waals surface area contributed by atoms with Crippen molar-refractivity contribution in [1.29, 1.82) is 0 Å². The van der Waals surface area contributed by atoms with Crippen molar-refractivity contribution in [1.82, 2.24) is 10.2 Å². The molecule has 17 aliphatic rings. The number of rotatable bonds is 7. The van der Waals surface area contributed by atoms with Gasteiger partial charge in [-0.15, -0.1) is 0 Å². The summed E-state index contributed by atoms with van der Waals surface area (Å²) in [5.74, 6) is 2.03. The van der Waals surface area contributed by atoms with Gasteiger partial charge in [-0.25, -0.2) is 0 Å². The third kappa shape index (κ3) is 12.5. The molecule has 16 N–H and O–H groups in total. The van der Waals surface area contributed by atoms with Gasteiger partial charge in [-0.05, 0) is 101 Å². The molecule has 0 aromatic carbocycles. The average Bonchev–Trinajstić information content (AvgIpc) is 3.51. The van der Waals surface area contributed by atoms with E-state index in [1.807, 2.05) is 0 Å². The highest BCUT2D eigenvalue weighted by molar-refractivity contribution is 5.04. The first-order valence-corrected chi connectivity index (χ1v) is 29.1. The van der Waals surface area contributed by atoms with Gasteiger partial charge >= 0.3 is 0 Å². The molecule has 81 heavy (non-hydrogen) atoms. The number of nitrogens with zero attached hydrogens (tertiary/aromatic N) is 1. The van der Waals surface area contributed by atoms with Crippen molar-refractivity contribution in [2.75, 3.05) is 59.2 Å². The van der Waals surface area contributed by atoms with Gasteiger partial charge in [0.25, 0.3) is 0 Å². The van der Waals surface area contributed by atoms with Crippen LogP contribution in [-0.2, 0) is 56.8 Å². The first kappa shape index (κ1) is 61.5. The second-order valence-corrected chi connectivity index (χ2v) is 24.7. The summed E-state index contributed by atoms with van der Waals surface area (Å²) in [4.78, 5) is 2.19. The molecular formula is C52H86N2O27. The smallest absolute Gasteiger partial charge is 0.187 e. The predicted octanol–water partition coefficient (Wildman–Crippen LogP) is -7.72. The molecule has 11 unspecified atom stereocenters. The molecule has 29 heteroatoms. The summed E-state index contributed by atoms with van der Waals surface area (Å²) in [7, 11) is 0. The fraction of sp³-hybridized carbons (Fsp3) is 1.00. The van der Waals surface area contributed by atoms with E-state index in [1.54, 1.807) is 0 Å². The van der Waals surface area contributed by atoms with Gasteiger partial charge in [0.05, 0.1) is 32.5 Å². The minimum absolute atomic E-state index is 0.0534. The molecule has 17 fully saturated rings. The molecule has 0 aromatic heterocycles. The average molecular weight is 1170 g/mol. The zero-order valence-corrected chi connectivity index (χ0v) is 45.0. The standard InChI is InChI=1S/C52H86N2O27/c55-16-26-41-23(59)10-30(70-26)76-43-25-15-54(6-3-52-11-20-7-21(12-52)9-22(8-20)13-52)5-2-1-4-53-14-24-42(31(60)36(65)47(71-24)79-44-27(17-56)73-49(77-41)38(67)33(44)62)78-50-39(68)34(63)46(29(19-58)74-50)81-51-40(69)35(64)45(28(18-57)75-51)80-48(72-25)37(66)32(43)61/h20-51,53,55-69H,1-19H2/t20?,21?,22?,23?,24-,25-,26-,27-,28-,29-,30-,31?,32?,33?,34?,35?,36?,37?,38?,39?,40?,41+,42-,43-,44-,45-,46-,47-,48-,49-,50-,51-,52?/m1/s1. The van der Waals surface area contributed by atoms with E-state index in [1.165, 1.54) is 19.3 Å². The van der Waals surface area contributed by atoms with Crippen LogP contribution in [0.4, 0.5) is 0 Å². The van der Waals surface area contributed by atoms with Crippen molar-refractivity contribution in [3.63, 3.8) is 0 Å². The molecule has 466 valence electrons. The fourth-order valence-corrected chi connectivity index (χ4v) is 15.3. The van der Waals surface area contributed by atoms with Gasteiger partial charge in [-0.2, -0.15) is 0 Å². The van der Waals surface area contributed by atoms with Crippen LogP contribution >= 0.6 is 0 Å². The van der Waals surface area contributed by atoms with E-state index in [4.69, 9.17) is 56.8 Å². The maximum Gasteiger partial charge on any atom is 0.187 e. The van der Waals surface area contributed by atoms with Gasteiger partial charge in [0.1, 0.15) is 134 Å². The van der Waals surface area contributed by atoms with Crippen LogP contribution in [0.1, 0.15) is 64.2 Å². The highest BCUT2D eigenvalue weighted by Gasteiger charge is 2.59.